The van der Waals surface area contributed by atoms with Gasteiger partial charge in [0.15, 0.2) is 0 Å². The van der Waals surface area contributed by atoms with Crippen molar-refractivity contribution in [2.45, 2.75) is 23.3 Å². The molecular formula is C14H13NO4S2. The van der Waals surface area contributed by atoms with Crippen molar-refractivity contribution in [1.82, 2.24) is 4.72 Å². The van der Waals surface area contributed by atoms with Crippen LogP contribution in [0.3, 0.4) is 0 Å². The van der Waals surface area contributed by atoms with E-state index in [1.54, 1.807) is 0 Å². The van der Waals surface area contributed by atoms with Gasteiger partial charge in [0.25, 0.3) is 0 Å². The van der Waals surface area contributed by atoms with Gasteiger partial charge in [-0.25, -0.2) is 17.9 Å². The van der Waals surface area contributed by atoms with Crippen LogP contribution >= 0.6 is 11.3 Å². The van der Waals surface area contributed by atoms with Crippen molar-refractivity contribution < 1.29 is 18.3 Å². The Labute approximate surface area is 126 Å². The monoisotopic (exact) mass is 323 g/mol. The fourth-order valence-electron chi connectivity index (χ4n) is 2.23. The number of benzene rings is 1. The predicted octanol–water partition coefficient (Wildman–Crippen LogP) is 2.28. The van der Waals surface area contributed by atoms with E-state index in [0.717, 1.165) is 23.3 Å². The van der Waals surface area contributed by atoms with Crippen LogP contribution in [-0.4, -0.2) is 25.5 Å². The van der Waals surface area contributed by atoms with Crippen molar-refractivity contribution in [3.05, 3.63) is 52.2 Å². The van der Waals surface area contributed by atoms with Gasteiger partial charge in [-0.2, -0.15) is 0 Å². The zero-order chi connectivity index (χ0) is 15.0. The summed E-state index contributed by atoms with van der Waals surface area (Å²) in [7, 11) is -3.65. The maximum atomic E-state index is 12.2. The molecule has 1 aromatic heterocycles. The van der Waals surface area contributed by atoms with E-state index in [4.69, 9.17) is 5.11 Å². The molecular weight excluding hydrogens is 310 g/mol. The molecule has 2 unspecified atom stereocenters. The first-order valence-electron chi connectivity index (χ1n) is 6.36. The van der Waals surface area contributed by atoms with Crippen LogP contribution in [0, 0.1) is 0 Å². The summed E-state index contributed by atoms with van der Waals surface area (Å²) in [5, 5.41) is 10.2. The van der Waals surface area contributed by atoms with E-state index < -0.39 is 16.0 Å². The zero-order valence-electron chi connectivity index (χ0n) is 10.9. The Morgan fingerprint density at radius 2 is 2.00 bits per heavy atom. The van der Waals surface area contributed by atoms with Crippen molar-refractivity contribution in [2.75, 3.05) is 0 Å². The van der Waals surface area contributed by atoms with Crippen molar-refractivity contribution in [1.29, 1.82) is 0 Å². The summed E-state index contributed by atoms with van der Waals surface area (Å²) < 4.78 is 27.0. The summed E-state index contributed by atoms with van der Waals surface area (Å²) in [4.78, 5) is 10.8. The van der Waals surface area contributed by atoms with Gasteiger partial charge in [0.1, 0.15) is 4.88 Å². The molecule has 7 heteroatoms. The number of aromatic carboxylic acids is 1. The summed E-state index contributed by atoms with van der Waals surface area (Å²) >= 11 is 0.910. The van der Waals surface area contributed by atoms with Gasteiger partial charge < -0.3 is 5.11 Å². The van der Waals surface area contributed by atoms with Gasteiger partial charge in [0.05, 0.1) is 4.90 Å². The van der Waals surface area contributed by atoms with Crippen molar-refractivity contribution in [2.24, 2.45) is 0 Å². The van der Waals surface area contributed by atoms with Crippen LogP contribution < -0.4 is 4.72 Å². The number of carboxylic acid groups (broad SMARTS) is 1. The Morgan fingerprint density at radius 1 is 1.29 bits per heavy atom. The molecule has 2 atom stereocenters. The quantitative estimate of drug-likeness (QED) is 0.884. The first-order valence-corrected chi connectivity index (χ1v) is 8.73. The van der Waals surface area contributed by atoms with Crippen LogP contribution in [0.1, 0.15) is 27.6 Å². The van der Waals surface area contributed by atoms with E-state index in [-0.39, 0.29) is 21.7 Å². The van der Waals surface area contributed by atoms with Crippen LogP contribution in [0.2, 0.25) is 0 Å². The van der Waals surface area contributed by atoms with E-state index in [0.29, 0.717) is 0 Å². The third-order valence-electron chi connectivity index (χ3n) is 3.42. The normalized spacial score (nSPS) is 21.1. The minimum Gasteiger partial charge on any atom is -0.477 e. The maximum Gasteiger partial charge on any atom is 0.345 e. The highest BCUT2D eigenvalue weighted by atomic mass is 32.2. The first-order chi connectivity index (χ1) is 9.97. The molecule has 2 N–H and O–H groups in total. The molecule has 110 valence electrons. The largest absolute Gasteiger partial charge is 0.477 e. The second-order valence-corrected chi connectivity index (χ2v) is 7.56. The number of nitrogens with one attached hydrogen (secondary N) is 1. The zero-order valence-corrected chi connectivity index (χ0v) is 12.5. The molecule has 1 aromatic carbocycles. The van der Waals surface area contributed by atoms with Crippen molar-refractivity contribution in [3.63, 3.8) is 0 Å². The Balaban J connectivity index is 1.71. The summed E-state index contributed by atoms with van der Waals surface area (Å²) in [5.74, 6) is -0.923. The smallest absolute Gasteiger partial charge is 0.345 e. The van der Waals surface area contributed by atoms with Gasteiger partial charge >= 0.3 is 5.97 Å². The summed E-state index contributed by atoms with van der Waals surface area (Å²) in [6, 6.07) is 10.8. The first kappa shape index (κ1) is 14.2. The Kier molecular flexibility index (Phi) is 3.56. The maximum absolute atomic E-state index is 12.2. The van der Waals surface area contributed by atoms with E-state index >= 15 is 0 Å². The average Bonchev–Trinajstić information content (AvgIpc) is 3.01. The highest BCUT2D eigenvalue weighted by Gasteiger charge is 2.41. The van der Waals surface area contributed by atoms with Gasteiger partial charge in [-0.05, 0) is 18.1 Å². The number of hydrogen-bond donors (Lipinski definition) is 2. The fraction of sp³-hybridized carbons (Fsp3) is 0.214. The molecule has 0 aliphatic heterocycles. The van der Waals surface area contributed by atoms with E-state index in [2.05, 4.69) is 4.72 Å². The van der Waals surface area contributed by atoms with E-state index in [9.17, 15) is 13.2 Å². The number of carbonyl (C=O) groups is 1. The number of sulfonamides is 1. The molecule has 1 aliphatic rings. The van der Waals surface area contributed by atoms with Crippen molar-refractivity contribution >= 4 is 27.3 Å². The van der Waals surface area contributed by atoms with Gasteiger partial charge in [-0.15, -0.1) is 11.3 Å². The fourth-order valence-corrected chi connectivity index (χ4v) is 4.63. The molecule has 1 fully saturated rings. The predicted molar refractivity (Wildman–Crippen MR) is 79.2 cm³/mol. The minimum absolute atomic E-state index is 0.0172. The molecule has 21 heavy (non-hydrogen) atoms. The Bertz CT molecular complexity index is 767. The van der Waals surface area contributed by atoms with Crippen molar-refractivity contribution in [3.8, 4) is 0 Å². The number of thiophene rings is 1. The number of carboxylic acids is 1. The molecule has 0 radical (unpaired) electrons. The lowest BCUT2D eigenvalue weighted by Gasteiger charge is -2.04. The molecule has 3 rings (SSSR count). The topological polar surface area (TPSA) is 83.5 Å². The average molecular weight is 323 g/mol. The molecule has 0 amide bonds. The van der Waals surface area contributed by atoms with E-state index in [1.165, 1.54) is 11.4 Å². The molecule has 0 saturated heterocycles. The second kappa shape index (κ2) is 5.25. The summed E-state index contributed by atoms with van der Waals surface area (Å²) in [6.07, 6.45) is 0.763. The standard InChI is InChI=1S/C14H13NO4S2/c16-14(17)13-6-10(8-20-13)21(18,19)15-12-7-11(12)9-4-2-1-3-5-9/h1-6,8,11-12,15H,7H2,(H,16,17). The van der Waals surface area contributed by atoms with Crippen LogP contribution in [0.5, 0.6) is 0 Å². The Hall–Kier alpha value is -1.70. The van der Waals surface area contributed by atoms with Gasteiger partial charge in [-0.3, -0.25) is 0 Å². The van der Waals surface area contributed by atoms with E-state index in [1.807, 2.05) is 30.3 Å². The van der Waals surface area contributed by atoms with Crippen LogP contribution in [0.15, 0.2) is 46.7 Å². The minimum atomic E-state index is -3.65. The third-order valence-corrected chi connectivity index (χ3v) is 5.96. The van der Waals surface area contributed by atoms with Crippen LogP contribution in [0.25, 0.3) is 0 Å². The molecule has 1 aliphatic carbocycles. The SMILES string of the molecule is O=C(O)c1cc(S(=O)(=O)NC2CC2c2ccccc2)cs1. The van der Waals surface area contributed by atoms with Crippen LogP contribution in [-0.2, 0) is 10.0 Å². The number of rotatable bonds is 5. The van der Waals surface area contributed by atoms with Gasteiger partial charge in [-0.1, -0.05) is 30.3 Å². The van der Waals surface area contributed by atoms with Gasteiger partial charge in [0.2, 0.25) is 10.0 Å². The molecule has 1 saturated carbocycles. The second-order valence-electron chi connectivity index (χ2n) is 4.93. The summed E-state index contributed by atoms with van der Waals surface area (Å²) in [6.45, 7) is 0. The van der Waals surface area contributed by atoms with Gasteiger partial charge in [0, 0.05) is 17.3 Å². The summed E-state index contributed by atoms with van der Waals surface area (Å²) in [5.41, 5.74) is 1.11. The lowest BCUT2D eigenvalue weighted by atomic mass is 10.1. The Morgan fingerprint density at radius 3 is 2.62 bits per heavy atom. The molecule has 0 spiro atoms. The third kappa shape index (κ3) is 2.99. The number of hydrogen-bond acceptors (Lipinski definition) is 4. The molecule has 1 heterocycles. The lowest BCUT2D eigenvalue weighted by molar-refractivity contribution is 0.0702. The highest BCUT2D eigenvalue weighted by molar-refractivity contribution is 7.89. The van der Waals surface area contributed by atoms with Crippen LogP contribution in [0.4, 0.5) is 0 Å². The molecule has 0 bridgehead atoms. The molecule has 5 nitrogen and oxygen atoms in total. The highest BCUT2D eigenvalue weighted by Crippen LogP contribution is 2.41. The lowest BCUT2D eigenvalue weighted by Crippen LogP contribution is -2.26. The molecule has 2 aromatic rings.